The van der Waals surface area contributed by atoms with Gasteiger partial charge in [-0.05, 0) is 44.6 Å². The standard InChI is InChI=1S/C23H39F6N9/c1-35-11-16(23(27,28)29)33-19(35)13-6-4-12(5-7-13)10-38-20-15(36(2)21(38)30)9-31-18(34-20)17-14(22(24,25)26)8-32-37(17)3/h12-20,30-34H,4-11H2,1-3H3. The molecule has 0 aromatic carbocycles. The number of nitrogens with one attached hydrogen (secondary N) is 5. The van der Waals surface area contributed by atoms with Crippen LogP contribution < -0.4 is 21.4 Å². The van der Waals surface area contributed by atoms with Crippen molar-refractivity contribution in [2.75, 3.05) is 47.3 Å². The molecule has 38 heavy (non-hydrogen) atoms. The van der Waals surface area contributed by atoms with Crippen LogP contribution in [0.4, 0.5) is 26.3 Å². The summed E-state index contributed by atoms with van der Waals surface area (Å²) in [6.07, 6.45) is -6.52. The van der Waals surface area contributed by atoms with Gasteiger partial charge in [0, 0.05) is 40.3 Å². The lowest BCUT2D eigenvalue weighted by Gasteiger charge is -2.44. The van der Waals surface area contributed by atoms with E-state index in [-0.39, 0.29) is 43.3 Å². The predicted molar refractivity (Wildman–Crippen MR) is 129 cm³/mol. The number of hydrogen-bond donors (Lipinski definition) is 5. The Labute approximate surface area is 219 Å². The van der Waals surface area contributed by atoms with Crippen LogP contribution in [-0.2, 0) is 0 Å². The number of nitrogens with zero attached hydrogens (tertiary/aromatic N) is 4. The van der Waals surface area contributed by atoms with Gasteiger partial charge in [-0.25, -0.2) is 5.01 Å². The Morgan fingerprint density at radius 3 is 2.18 bits per heavy atom. The molecule has 0 aromatic rings. The second kappa shape index (κ2) is 10.2. The van der Waals surface area contributed by atoms with E-state index in [1.54, 1.807) is 19.0 Å². The van der Waals surface area contributed by atoms with Gasteiger partial charge in [-0.2, -0.15) is 26.3 Å². The molecule has 4 saturated heterocycles. The van der Waals surface area contributed by atoms with Crippen LogP contribution in [-0.4, -0.2) is 122 Å². The van der Waals surface area contributed by atoms with Crippen molar-refractivity contribution < 1.29 is 26.3 Å². The lowest BCUT2D eigenvalue weighted by Crippen LogP contribution is -2.70. The average molecular weight is 556 g/mol. The molecular weight excluding hydrogens is 516 g/mol. The average Bonchev–Trinajstić information content (AvgIpc) is 3.50. The molecule has 7 unspecified atom stereocenters. The second-order valence-corrected chi connectivity index (χ2v) is 11.7. The van der Waals surface area contributed by atoms with Crippen LogP contribution >= 0.6 is 0 Å². The van der Waals surface area contributed by atoms with Gasteiger partial charge in [0.15, 0.2) is 5.96 Å². The van der Waals surface area contributed by atoms with E-state index in [0.29, 0.717) is 19.0 Å². The first-order chi connectivity index (χ1) is 17.8. The van der Waals surface area contributed by atoms with Gasteiger partial charge in [-0.15, -0.1) is 0 Å². The minimum absolute atomic E-state index is 0.0454. The van der Waals surface area contributed by atoms with Gasteiger partial charge in [0.05, 0.1) is 30.3 Å². The highest BCUT2D eigenvalue weighted by Gasteiger charge is 2.55. The highest BCUT2D eigenvalue weighted by Crippen LogP contribution is 2.38. The van der Waals surface area contributed by atoms with Gasteiger partial charge in [-0.1, -0.05) is 0 Å². The zero-order valence-corrected chi connectivity index (χ0v) is 21.9. The van der Waals surface area contributed by atoms with Crippen LogP contribution in [0.5, 0.6) is 0 Å². The van der Waals surface area contributed by atoms with E-state index >= 15 is 0 Å². The number of halogens is 6. The first kappa shape index (κ1) is 28.1. The molecule has 0 radical (unpaired) electrons. The number of rotatable bonds is 4. The number of guanidine groups is 1. The topological polar surface area (TPSA) is 84.9 Å². The highest BCUT2D eigenvalue weighted by molar-refractivity contribution is 5.80. The van der Waals surface area contributed by atoms with Crippen molar-refractivity contribution in [2.45, 2.75) is 74.7 Å². The highest BCUT2D eigenvalue weighted by atomic mass is 19.4. The number of fused-ring (bicyclic) bond motifs is 1. The third-order valence-corrected chi connectivity index (χ3v) is 9.39. The van der Waals surface area contributed by atoms with E-state index < -0.39 is 36.5 Å². The van der Waals surface area contributed by atoms with E-state index in [1.165, 1.54) is 5.01 Å². The Hall–Kier alpha value is -1.39. The van der Waals surface area contributed by atoms with Crippen molar-refractivity contribution >= 4 is 5.96 Å². The van der Waals surface area contributed by atoms with Gasteiger partial charge in [-0.3, -0.25) is 31.7 Å². The van der Waals surface area contributed by atoms with Crippen LogP contribution in [0.1, 0.15) is 25.7 Å². The molecule has 0 aromatic heterocycles. The number of alkyl halides is 6. The molecule has 1 aliphatic carbocycles. The molecule has 0 amide bonds. The Kier molecular flexibility index (Phi) is 7.57. The van der Waals surface area contributed by atoms with Gasteiger partial charge < -0.3 is 9.80 Å². The van der Waals surface area contributed by atoms with Crippen LogP contribution in [0.3, 0.4) is 0 Å². The summed E-state index contributed by atoms with van der Waals surface area (Å²) in [7, 11) is 5.19. The van der Waals surface area contributed by atoms with Crippen molar-refractivity contribution in [3.05, 3.63) is 0 Å². The predicted octanol–water partition coefficient (Wildman–Crippen LogP) is 0.978. The summed E-state index contributed by atoms with van der Waals surface area (Å²) >= 11 is 0. The smallest absolute Gasteiger partial charge is 0.338 e. The summed E-state index contributed by atoms with van der Waals surface area (Å²) in [6.45, 7) is 0.836. The van der Waals surface area contributed by atoms with Crippen molar-refractivity contribution in [3.63, 3.8) is 0 Å². The summed E-state index contributed by atoms with van der Waals surface area (Å²) in [5, 5.41) is 19.7. The molecule has 0 spiro atoms. The van der Waals surface area contributed by atoms with Crippen molar-refractivity contribution in [1.29, 1.82) is 5.41 Å². The van der Waals surface area contributed by atoms with Crippen LogP contribution in [0, 0.1) is 23.2 Å². The minimum atomic E-state index is -4.33. The van der Waals surface area contributed by atoms with Gasteiger partial charge in [0.25, 0.3) is 0 Å². The van der Waals surface area contributed by atoms with Gasteiger partial charge in [0.2, 0.25) is 0 Å². The quantitative estimate of drug-likeness (QED) is 0.329. The van der Waals surface area contributed by atoms with E-state index in [0.717, 1.165) is 25.7 Å². The molecule has 5 rings (SSSR count). The molecule has 7 atom stereocenters. The molecule has 4 heterocycles. The van der Waals surface area contributed by atoms with Crippen LogP contribution in [0.25, 0.3) is 0 Å². The fourth-order valence-corrected chi connectivity index (χ4v) is 7.22. The Morgan fingerprint density at radius 2 is 1.58 bits per heavy atom. The molecule has 0 bridgehead atoms. The molecule has 1 saturated carbocycles. The summed E-state index contributed by atoms with van der Waals surface area (Å²) in [5.74, 6) is -0.788. The normalized spacial score (nSPS) is 41.8. The SMILES string of the molecule is CN1CC(C(F)(F)F)NC1C1CCC(CN2C(=N)N(C)C3CNC(C4C(C(F)(F)F)CNN4C)NC32)CC1. The molecule has 9 nitrogen and oxygen atoms in total. The van der Waals surface area contributed by atoms with Crippen molar-refractivity contribution in [3.8, 4) is 0 Å². The molecule has 5 fully saturated rings. The second-order valence-electron chi connectivity index (χ2n) is 11.7. The number of hydrogen-bond acceptors (Lipinski definition) is 7. The zero-order valence-electron chi connectivity index (χ0n) is 21.9. The maximum atomic E-state index is 13.7. The van der Waals surface area contributed by atoms with E-state index in [2.05, 4.69) is 21.4 Å². The van der Waals surface area contributed by atoms with Crippen LogP contribution in [0.2, 0.25) is 0 Å². The molecule has 4 aliphatic heterocycles. The zero-order chi connectivity index (χ0) is 27.6. The summed E-state index contributed by atoms with van der Waals surface area (Å²) in [6, 6.07) is -2.42. The monoisotopic (exact) mass is 555 g/mol. The number of likely N-dealkylation sites (N-methyl/N-ethyl adjacent to an activating group) is 3. The number of hydrazine groups is 1. The third kappa shape index (κ3) is 5.21. The fourth-order valence-electron chi connectivity index (χ4n) is 7.22. The maximum Gasteiger partial charge on any atom is 0.405 e. The van der Waals surface area contributed by atoms with E-state index in [9.17, 15) is 26.3 Å². The molecule has 5 aliphatic rings. The lowest BCUT2D eigenvalue weighted by molar-refractivity contribution is -0.180. The lowest BCUT2D eigenvalue weighted by atomic mass is 9.80. The van der Waals surface area contributed by atoms with E-state index in [4.69, 9.17) is 5.41 Å². The van der Waals surface area contributed by atoms with Crippen molar-refractivity contribution in [2.24, 2.45) is 17.8 Å². The minimum Gasteiger partial charge on any atom is -0.338 e. The third-order valence-electron chi connectivity index (χ3n) is 9.39. The summed E-state index contributed by atoms with van der Waals surface area (Å²) in [5.41, 5.74) is 2.81. The fraction of sp³-hybridized carbons (Fsp3) is 0.957. The van der Waals surface area contributed by atoms with Gasteiger partial charge in [0.1, 0.15) is 12.2 Å². The Bertz CT molecular complexity index is 863. The Balaban J connectivity index is 1.20. The first-order valence-corrected chi connectivity index (χ1v) is 13.4. The summed E-state index contributed by atoms with van der Waals surface area (Å²) < 4.78 is 80.8. The van der Waals surface area contributed by atoms with E-state index in [1.807, 2.05) is 16.8 Å². The molecule has 15 heteroatoms. The molecular formula is C23H39F6N9. The van der Waals surface area contributed by atoms with Gasteiger partial charge >= 0.3 is 12.4 Å². The first-order valence-electron chi connectivity index (χ1n) is 13.4. The molecule has 218 valence electrons. The maximum absolute atomic E-state index is 13.7. The van der Waals surface area contributed by atoms with Crippen molar-refractivity contribution in [1.82, 2.24) is 41.1 Å². The molecule has 5 N–H and O–H groups in total. The largest absolute Gasteiger partial charge is 0.405 e. The van der Waals surface area contributed by atoms with Crippen LogP contribution in [0.15, 0.2) is 0 Å². The summed E-state index contributed by atoms with van der Waals surface area (Å²) in [4.78, 5) is 5.59. The Morgan fingerprint density at radius 1 is 0.895 bits per heavy atom.